The standard InChI is InChI=1S/C18H21N7/c1-3-16(15-19-7-1)6-10-23-11-13-24(14-12-23)17-4-5-18(22-21-17)25-9-2-8-20-25/h1-5,7-9,15H,6,10-14H2. The fourth-order valence-corrected chi connectivity index (χ4v) is 3.05. The normalized spacial score (nSPS) is 15.4. The smallest absolute Gasteiger partial charge is 0.175 e. The average Bonchev–Trinajstić information content (AvgIpc) is 3.23. The van der Waals surface area contributed by atoms with E-state index in [4.69, 9.17) is 0 Å². The van der Waals surface area contributed by atoms with Crippen LogP contribution in [0.2, 0.25) is 0 Å². The number of anilines is 1. The van der Waals surface area contributed by atoms with Crippen molar-refractivity contribution in [2.45, 2.75) is 6.42 Å². The molecule has 0 unspecified atom stereocenters. The van der Waals surface area contributed by atoms with Gasteiger partial charge in [0.15, 0.2) is 11.6 Å². The maximum Gasteiger partial charge on any atom is 0.175 e. The zero-order valence-corrected chi connectivity index (χ0v) is 14.1. The van der Waals surface area contributed by atoms with E-state index in [0.717, 1.165) is 50.8 Å². The van der Waals surface area contributed by atoms with Crippen molar-refractivity contribution in [1.29, 1.82) is 0 Å². The number of hydrogen-bond acceptors (Lipinski definition) is 6. The Bertz CT molecular complexity index is 763. The lowest BCUT2D eigenvalue weighted by Crippen LogP contribution is -2.47. The zero-order valence-electron chi connectivity index (χ0n) is 14.1. The van der Waals surface area contributed by atoms with E-state index in [9.17, 15) is 0 Å². The van der Waals surface area contributed by atoms with Gasteiger partial charge in [-0.25, -0.2) is 4.68 Å². The van der Waals surface area contributed by atoms with Gasteiger partial charge in [0, 0.05) is 57.5 Å². The van der Waals surface area contributed by atoms with Gasteiger partial charge in [0.25, 0.3) is 0 Å². The Balaban J connectivity index is 1.29. The second-order valence-corrected chi connectivity index (χ2v) is 6.14. The largest absolute Gasteiger partial charge is 0.353 e. The van der Waals surface area contributed by atoms with Gasteiger partial charge in [-0.2, -0.15) is 5.10 Å². The first-order valence-electron chi connectivity index (χ1n) is 8.58. The highest BCUT2D eigenvalue weighted by Gasteiger charge is 2.18. The molecule has 1 fully saturated rings. The summed E-state index contributed by atoms with van der Waals surface area (Å²) in [6, 6.07) is 10.00. The van der Waals surface area contributed by atoms with Gasteiger partial charge >= 0.3 is 0 Å². The molecule has 0 saturated carbocycles. The summed E-state index contributed by atoms with van der Waals surface area (Å²) in [6.07, 6.45) is 8.42. The molecule has 1 aliphatic rings. The van der Waals surface area contributed by atoms with Crippen molar-refractivity contribution in [3.05, 3.63) is 60.7 Å². The molecular weight excluding hydrogens is 314 g/mol. The van der Waals surface area contributed by atoms with E-state index in [2.05, 4.69) is 36.1 Å². The molecular formula is C18H21N7. The molecule has 4 heterocycles. The monoisotopic (exact) mass is 335 g/mol. The van der Waals surface area contributed by atoms with Crippen LogP contribution in [0.4, 0.5) is 5.82 Å². The molecule has 7 heteroatoms. The molecule has 3 aromatic rings. The Labute approximate surface area is 146 Å². The minimum Gasteiger partial charge on any atom is -0.353 e. The van der Waals surface area contributed by atoms with Gasteiger partial charge in [-0.1, -0.05) is 6.07 Å². The number of piperazine rings is 1. The minimum atomic E-state index is 0.740. The van der Waals surface area contributed by atoms with Gasteiger partial charge < -0.3 is 4.90 Å². The fourth-order valence-electron chi connectivity index (χ4n) is 3.05. The first-order chi connectivity index (χ1) is 12.4. The van der Waals surface area contributed by atoms with Crippen LogP contribution in [0, 0.1) is 0 Å². The summed E-state index contributed by atoms with van der Waals surface area (Å²) in [5.74, 6) is 1.67. The number of pyridine rings is 1. The second-order valence-electron chi connectivity index (χ2n) is 6.14. The van der Waals surface area contributed by atoms with Crippen molar-refractivity contribution < 1.29 is 0 Å². The Kier molecular flexibility index (Phi) is 4.65. The van der Waals surface area contributed by atoms with Crippen molar-refractivity contribution in [2.75, 3.05) is 37.6 Å². The van der Waals surface area contributed by atoms with Crippen LogP contribution in [0.1, 0.15) is 5.56 Å². The molecule has 0 bridgehead atoms. The summed E-state index contributed by atoms with van der Waals surface area (Å²) < 4.78 is 1.72. The highest BCUT2D eigenvalue weighted by atomic mass is 15.4. The van der Waals surface area contributed by atoms with Crippen LogP contribution in [0.15, 0.2) is 55.1 Å². The molecule has 128 valence electrons. The van der Waals surface area contributed by atoms with Gasteiger partial charge in [0.2, 0.25) is 0 Å². The summed E-state index contributed by atoms with van der Waals surface area (Å²) in [5.41, 5.74) is 1.30. The van der Waals surface area contributed by atoms with E-state index < -0.39 is 0 Å². The van der Waals surface area contributed by atoms with Crippen LogP contribution in [0.3, 0.4) is 0 Å². The van der Waals surface area contributed by atoms with Gasteiger partial charge in [0.1, 0.15) is 0 Å². The van der Waals surface area contributed by atoms with E-state index in [0.29, 0.717) is 0 Å². The van der Waals surface area contributed by atoms with E-state index in [-0.39, 0.29) is 0 Å². The highest BCUT2D eigenvalue weighted by Crippen LogP contribution is 2.14. The third kappa shape index (κ3) is 3.83. The van der Waals surface area contributed by atoms with Gasteiger partial charge in [-0.3, -0.25) is 9.88 Å². The Morgan fingerprint density at radius 3 is 2.40 bits per heavy atom. The van der Waals surface area contributed by atoms with Crippen LogP contribution in [0.25, 0.3) is 5.82 Å². The third-order valence-corrected chi connectivity index (χ3v) is 4.51. The molecule has 0 N–H and O–H groups in total. The highest BCUT2D eigenvalue weighted by molar-refractivity contribution is 5.40. The molecule has 7 nitrogen and oxygen atoms in total. The second kappa shape index (κ2) is 7.40. The lowest BCUT2D eigenvalue weighted by atomic mass is 10.2. The van der Waals surface area contributed by atoms with Crippen LogP contribution in [-0.2, 0) is 6.42 Å². The number of hydrogen-bond donors (Lipinski definition) is 0. The van der Waals surface area contributed by atoms with E-state index in [1.807, 2.05) is 42.9 Å². The van der Waals surface area contributed by atoms with Gasteiger partial charge in [0.05, 0.1) is 0 Å². The van der Waals surface area contributed by atoms with Crippen molar-refractivity contribution in [3.8, 4) is 5.82 Å². The molecule has 3 aromatic heterocycles. The van der Waals surface area contributed by atoms with Gasteiger partial charge in [-0.15, -0.1) is 10.2 Å². The summed E-state index contributed by atoms with van der Waals surface area (Å²) in [6.45, 7) is 5.11. The molecule has 0 atom stereocenters. The minimum absolute atomic E-state index is 0.740. The lowest BCUT2D eigenvalue weighted by molar-refractivity contribution is 0.260. The van der Waals surface area contributed by atoms with Crippen LogP contribution in [-0.4, -0.2) is 62.6 Å². The third-order valence-electron chi connectivity index (χ3n) is 4.51. The van der Waals surface area contributed by atoms with Crippen molar-refractivity contribution in [2.24, 2.45) is 0 Å². The van der Waals surface area contributed by atoms with Crippen molar-refractivity contribution in [3.63, 3.8) is 0 Å². The molecule has 0 radical (unpaired) electrons. The quantitative estimate of drug-likeness (QED) is 0.703. The lowest BCUT2D eigenvalue weighted by Gasteiger charge is -2.35. The first kappa shape index (κ1) is 15.7. The number of rotatable bonds is 5. The number of nitrogens with zero attached hydrogens (tertiary/aromatic N) is 7. The fraction of sp³-hybridized carbons (Fsp3) is 0.333. The van der Waals surface area contributed by atoms with Crippen LogP contribution < -0.4 is 4.90 Å². The molecule has 1 saturated heterocycles. The van der Waals surface area contributed by atoms with Crippen molar-refractivity contribution >= 4 is 5.82 Å². The summed E-state index contributed by atoms with van der Waals surface area (Å²) >= 11 is 0. The maximum absolute atomic E-state index is 4.37. The summed E-state index contributed by atoms with van der Waals surface area (Å²) in [7, 11) is 0. The molecule has 0 aliphatic carbocycles. The average molecular weight is 335 g/mol. The Morgan fingerprint density at radius 2 is 1.72 bits per heavy atom. The molecule has 0 spiro atoms. The molecule has 4 rings (SSSR count). The summed E-state index contributed by atoms with van der Waals surface area (Å²) in [5, 5.41) is 12.8. The summed E-state index contributed by atoms with van der Waals surface area (Å²) in [4.78, 5) is 8.96. The van der Waals surface area contributed by atoms with E-state index >= 15 is 0 Å². The molecule has 0 aromatic carbocycles. The van der Waals surface area contributed by atoms with Crippen molar-refractivity contribution in [1.82, 2.24) is 29.9 Å². The SMILES string of the molecule is c1cncc(CCN2CCN(c3ccc(-n4cccn4)nn3)CC2)c1. The first-order valence-corrected chi connectivity index (χ1v) is 8.58. The molecule has 1 aliphatic heterocycles. The van der Waals surface area contributed by atoms with Gasteiger partial charge in [-0.05, 0) is 36.2 Å². The zero-order chi connectivity index (χ0) is 16.9. The van der Waals surface area contributed by atoms with Crippen LogP contribution >= 0.6 is 0 Å². The predicted molar refractivity (Wildman–Crippen MR) is 95.7 cm³/mol. The molecule has 0 amide bonds. The maximum atomic E-state index is 4.37. The topological polar surface area (TPSA) is 63.0 Å². The predicted octanol–water partition coefficient (Wildman–Crippen LogP) is 1.42. The van der Waals surface area contributed by atoms with E-state index in [1.54, 1.807) is 10.9 Å². The van der Waals surface area contributed by atoms with Crippen LogP contribution in [0.5, 0.6) is 0 Å². The Hall–Kier alpha value is -2.80. The Morgan fingerprint density at radius 1 is 0.880 bits per heavy atom. The van der Waals surface area contributed by atoms with E-state index in [1.165, 1.54) is 5.56 Å². The number of aromatic nitrogens is 5. The molecule has 25 heavy (non-hydrogen) atoms.